The topological polar surface area (TPSA) is 174 Å². The normalized spacial score (nSPS) is 29.3. The highest BCUT2D eigenvalue weighted by molar-refractivity contribution is 5.95. The van der Waals surface area contributed by atoms with Gasteiger partial charge >= 0.3 is 11.9 Å². The number of fused-ring (bicyclic) bond motifs is 5. The average molecular weight is 926 g/mol. The first-order valence-electron chi connectivity index (χ1n) is 23.9. The Balaban J connectivity index is 0.918. The summed E-state index contributed by atoms with van der Waals surface area (Å²) in [6.07, 6.45) is 5.35. The maximum atomic E-state index is 15.2. The van der Waals surface area contributed by atoms with Crippen LogP contribution in [-0.4, -0.2) is 94.8 Å². The van der Waals surface area contributed by atoms with E-state index in [1.54, 1.807) is 50.1 Å². The molecule has 4 aromatic carbocycles. The summed E-state index contributed by atoms with van der Waals surface area (Å²) in [7, 11) is 0. The van der Waals surface area contributed by atoms with Gasteiger partial charge in [0.1, 0.15) is 35.4 Å². The number of ether oxygens (including phenoxy) is 5. The molecule has 4 aromatic rings. The van der Waals surface area contributed by atoms with Crippen LogP contribution in [0.25, 0.3) is 6.08 Å². The third kappa shape index (κ3) is 9.13. The Hall–Kier alpha value is -5.74. The molecule has 4 aliphatic heterocycles. The largest absolute Gasteiger partial charge is 0.460 e. The predicted octanol–water partition coefficient (Wildman–Crippen LogP) is 6.28. The maximum absolute atomic E-state index is 15.2. The molecule has 2 bridgehead atoms. The minimum atomic E-state index is -1.47. The minimum Gasteiger partial charge on any atom is -0.460 e. The third-order valence-corrected chi connectivity index (χ3v) is 14.1. The first-order valence-corrected chi connectivity index (χ1v) is 23.9. The average Bonchev–Trinajstić information content (AvgIpc) is 3.86. The lowest BCUT2D eigenvalue weighted by atomic mass is 9.62. The van der Waals surface area contributed by atoms with Crippen molar-refractivity contribution in [2.45, 2.75) is 132 Å². The number of hydrogen-bond donors (Lipinski definition) is 3. The first kappa shape index (κ1) is 46.0. The number of allylic oxidation sites excluding steroid dienone is 1. The number of carbonyl (C=O) groups is 4. The molecule has 6 fully saturated rings. The fraction of sp³-hybridized carbons (Fsp3) is 0.444. The van der Waals surface area contributed by atoms with Gasteiger partial charge in [-0.05, 0) is 81.2 Å². The Labute approximate surface area is 396 Å². The molecule has 2 aliphatic carbocycles. The Morgan fingerprint density at radius 3 is 2.31 bits per heavy atom. The zero-order valence-corrected chi connectivity index (χ0v) is 38.6. The summed E-state index contributed by atoms with van der Waals surface area (Å²) in [4.78, 5) is 62.5. The van der Waals surface area contributed by atoms with Crippen LogP contribution in [0.15, 0.2) is 115 Å². The van der Waals surface area contributed by atoms with Gasteiger partial charge in [-0.3, -0.25) is 24.0 Å². The Morgan fingerprint density at radius 1 is 0.868 bits per heavy atom. The van der Waals surface area contributed by atoms with E-state index in [2.05, 4.69) is 34.9 Å². The van der Waals surface area contributed by atoms with Crippen molar-refractivity contribution in [3.63, 3.8) is 0 Å². The van der Waals surface area contributed by atoms with E-state index in [4.69, 9.17) is 28.5 Å². The number of carbonyl (C=O) groups excluding carboxylic acids is 4. The molecule has 4 heterocycles. The Bertz CT molecular complexity index is 2510. The van der Waals surface area contributed by atoms with Crippen molar-refractivity contribution in [1.29, 1.82) is 0 Å². The summed E-state index contributed by atoms with van der Waals surface area (Å²) in [5.74, 6) is -2.82. The molecule has 356 valence electrons. The summed E-state index contributed by atoms with van der Waals surface area (Å²) in [5.41, 5.74) is 2.20. The smallest absolute Gasteiger partial charge is 0.327 e. The second kappa shape index (κ2) is 18.6. The van der Waals surface area contributed by atoms with Gasteiger partial charge in [-0.2, -0.15) is 5.06 Å². The monoisotopic (exact) mass is 925 g/mol. The lowest BCUT2D eigenvalue weighted by molar-refractivity contribution is -0.213. The van der Waals surface area contributed by atoms with Gasteiger partial charge in [0, 0.05) is 36.1 Å². The molecule has 2 amide bonds. The minimum absolute atomic E-state index is 0.0214. The number of esters is 2. The summed E-state index contributed by atoms with van der Waals surface area (Å²) >= 11 is 0. The zero-order chi connectivity index (χ0) is 47.2. The van der Waals surface area contributed by atoms with E-state index in [1.165, 1.54) is 0 Å². The van der Waals surface area contributed by atoms with Crippen LogP contribution in [0.1, 0.15) is 97.5 Å². The standard InChI is InChI=1S/C54H59N3O11/c1-52(2,3)65-44(59)25-23-40(32-58)56-49(60)37-15-11-13-35(27-37)30-55-51(62)53-29-43-45-46(67-54(66-45,38-16-6-4-7-17-38)39-18-8-5-9-19-39)48(53)68-57(47(53)50(61)64-43)31-36-14-10-12-33(26-36)20-21-34-22-24-41-42(28-34)63-41/h4-21,26-27,34,40-43,45-48,58H,22-25,28-32H2,1-3H3,(H,55,62)(H,56,60)/t34?,40-,41?,42?,43+,45-,46-,47-,48+,53-/m0/s1. The van der Waals surface area contributed by atoms with Crippen LogP contribution in [0.4, 0.5) is 0 Å². The van der Waals surface area contributed by atoms with Crippen molar-refractivity contribution < 1.29 is 52.8 Å². The second-order valence-corrected chi connectivity index (χ2v) is 20.0. The summed E-state index contributed by atoms with van der Waals surface area (Å²) in [5, 5.41) is 17.6. The van der Waals surface area contributed by atoms with Gasteiger partial charge in [0.15, 0.2) is 6.04 Å². The Kier molecular flexibility index (Phi) is 12.6. The van der Waals surface area contributed by atoms with E-state index >= 15 is 4.79 Å². The van der Waals surface area contributed by atoms with E-state index in [0.29, 0.717) is 29.3 Å². The van der Waals surface area contributed by atoms with Crippen molar-refractivity contribution in [1.82, 2.24) is 15.7 Å². The van der Waals surface area contributed by atoms with Crippen molar-refractivity contribution in [2.75, 3.05) is 6.61 Å². The number of aliphatic hydroxyl groups is 1. The quantitative estimate of drug-likeness (QED) is 0.0901. The van der Waals surface area contributed by atoms with Crippen LogP contribution in [-0.2, 0) is 61.8 Å². The van der Waals surface area contributed by atoms with Gasteiger partial charge < -0.3 is 39.4 Å². The van der Waals surface area contributed by atoms with Crippen molar-refractivity contribution in [3.05, 3.63) is 149 Å². The molecular weight excluding hydrogens is 867 g/mol. The lowest BCUT2D eigenvalue weighted by Gasteiger charge is -2.48. The number of nitrogens with zero attached hydrogens (tertiary/aromatic N) is 1. The lowest BCUT2D eigenvalue weighted by Crippen LogP contribution is -2.69. The molecule has 2 saturated carbocycles. The highest BCUT2D eigenvalue weighted by Crippen LogP contribution is 2.59. The van der Waals surface area contributed by atoms with Crippen LogP contribution in [0.5, 0.6) is 0 Å². The second-order valence-electron chi connectivity index (χ2n) is 20.0. The first-order chi connectivity index (χ1) is 32.8. The molecule has 3 unspecified atom stereocenters. The van der Waals surface area contributed by atoms with Crippen molar-refractivity contribution >= 4 is 29.8 Å². The molecule has 6 aliphatic rings. The number of rotatable bonds is 15. The summed E-state index contributed by atoms with van der Waals surface area (Å²) < 4.78 is 31.6. The van der Waals surface area contributed by atoms with Crippen LogP contribution in [0.2, 0.25) is 0 Å². The molecule has 4 saturated heterocycles. The number of amides is 2. The molecule has 10 rings (SSSR count). The van der Waals surface area contributed by atoms with Gasteiger partial charge in [-0.25, -0.2) is 0 Å². The summed E-state index contributed by atoms with van der Waals surface area (Å²) in [6.45, 7) is 5.17. The van der Waals surface area contributed by atoms with E-state index in [1.807, 2.05) is 72.8 Å². The van der Waals surface area contributed by atoms with Gasteiger partial charge in [-0.1, -0.05) is 109 Å². The number of epoxide rings is 1. The fourth-order valence-electron chi connectivity index (χ4n) is 10.9. The third-order valence-electron chi connectivity index (χ3n) is 14.1. The van der Waals surface area contributed by atoms with Crippen LogP contribution in [0.3, 0.4) is 0 Å². The number of benzene rings is 4. The number of hydroxylamine groups is 2. The number of hydrogen-bond acceptors (Lipinski definition) is 12. The zero-order valence-electron chi connectivity index (χ0n) is 38.6. The van der Waals surface area contributed by atoms with E-state index in [0.717, 1.165) is 41.5 Å². The highest BCUT2D eigenvalue weighted by atomic mass is 16.8. The predicted molar refractivity (Wildman–Crippen MR) is 248 cm³/mol. The number of nitrogens with one attached hydrogen (secondary N) is 2. The molecule has 0 aromatic heterocycles. The van der Waals surface area contributed by atoms with Crippen LogP contribution < -0.4 is 10.6 Å². The Morgan fingerprint density at radius 2 is 1.59 bits per heavy atom. The van der Waals surface area contributed by atoms with E-state index in [-0.39, 0.29) is 39.0 Å². The highest BCUT2D eigenvalue weighted by Gasteiger charge is 2.76. The van der Waals surface area contributed by atoms with Gasteiger partial charge in [0.25, 0.3) is 5.91 Å². The van der Waals surface area contributed by atoms with Crippen LogP contribution in [0, 0.1) is 11.3 Å². The van der Waals surface area contributed by atoms with Gasteiger partial charge in [-0.15, -0.1) is 0 Å². The fourth-order valence-corrected chi connectivity index (χ4v) is 10.9. The SMILES string of the molecule is CC(C)(C)OC(=O)CC[C@@H](CO)NC(=O)c1cccc(CNC(=O)[C@@]23C[C@H]4OC(=O)[C@@H]2N(Cc2cccc(C=CC5CCC6OC6C5)c2)O[C@@H]3[C@H]2OC(c3ccccc3)(c3ccccc3)O[C@H]24)c1. The molecule has 0 spiro atoms. The van der Waals surface area contributed by atoms with Gasteiger partial charge in [0.05, 0.1) is 31.4 Å². The van der Waals surface area contributed by atoms with Crippen molar-refractivity contribution in [2.24, 2.45) is 11.3 Å². The van der Waals surface area contributed by atoms with Crippen LogP contribution >= 0.6 is 0 Å². The van der Waals surface area contributed by atoms with Gasteiger partial charge in [0.2, 0.25) is 11.7 Å². The maximum Gasteiger partial charge on any atom is 0.327 e. The number of aliphatic hydroxyl groups excluding tert-OH is 1. The van der Waals surface area contributed by atoms with Crippen molar-refractivity contribution in [3.8, 4) is 0 Å². The molecule has 10 atom stereocenters. The molecule has 68 heavy (non-hydrogen) atoms. The van der Waals surface area contributed by atoms with E-state index < -0.39 is 77.1 Å². The summed E-state index contributed by atoms with van der Waals surface area (Å²) in [6, 6.07) is 32.3. The molecule has 14 nitrogen and oxygen atoms in total. The molecule has 0 radical (unpaired) electrons. The molecule has 3 N–H and O–H groups in total. The molecule has 14 heteroatoms. The van der Waals surface area contributed by atoms with E-state index in [9.17, 15) is 19.5 Å². The molecular formula is C54H59N3O11.